The van der Waals surface area contributed by atoms with Crippen LogP contribution in [0.15, 0.2) is 0 Å². The molecule has 0 saturated heterocycles. The molecule has 0 aliphatic heterocycles. The molecule has 0 heterocycles. The summed E-state index contributed by atoms with van der Waals surface area (Å²) in [5, 5.41) is 0. The summed E-state index contributed by atoms with van der Waals surface area (Å²) in [5.41, 5.74) is 0. The zero-order valence-corrected chi connectivity index (χ0v) is 16.1. The predicted molar refractivity (Wildman–Crippen MR) is 79.9 cm³/mol. The van der Waals surface area contributed by atoms with Gasteiger partial charge in [-0.1, -0.05) is 55.4 Å². The van der Waals surface area contributed by atoms with Crippen LogP contribution in [-0.2, 0) is 26.2 Å². The fourth-order valence-electron chi connectivity index (χ4n) is 2.27. The van der Waals surface area contributed by atoms with Crippen LogP contribution >= 0.6 is 0 Å². The van der Waals surface area contributed by atoms with Crippen LogP contribution in [0.1, 0.15) is 55.4 Å². The van der Waals surface area contributed by atoms with Crippen molar-refractivity contribution < 1.29 is 26.2 Å². The van der Waals surface area contributed by atoms with Gasteiger partial charge in [0.1, 0.15) is 0 Å². The Morgan fingerprint density at radius 3 is 0.632 bits per heavy atom. The predicted octanol–water partition coefficient (Wildman–Crippen LogP) is 5.16. The van der Waals surface area contributed by atoms with Gasteiger partial charge in [0, 0.05) is 0 Å². The topological polar surface area (TPSA) is 0 Å². The quantitative estimate of drug-likeness (QED) is 0.574. The van der Waals surface area contributed by atoms with E-state index in [0.717, 1.165) is 0 Å². The third-order valence-electron chi connectivity index (χ3n) is 4.36. The molecule has 0 N–H and O–H groups in total. The first-order valence-corrected chi connectivity index (χ1v) is 6.65. The average molecular weight is 334 g/mol. The fraction of sp³-hybridized carbons (Fsp3) is 0.444. The van der Waals surface area contributed by atoms with E-state index in [1.165, 1.54) is 47.3 Å². The smallest absolute Gasteiger partial charge is 0.0582 e. The molecule has 0 amide bonds. The number of hydrogen-bond acceptors (Lipinski definition) is 0. The molecule has 2 aliphatic carbocycles. The zero-order valence-electron chi connectivity index (χ0n) is 13.7. The normalized spacial score (nSPS) is 26.5. The maximum Gasteiger partial charge on any atom is 2.00 e. The first kappa shape index (κ1) is 19.9. The maximum absolute atomic E-state index is 2.24. The van der Waals surface area contributed by atoms with E-state index in [2.05, 4.69) is 68.2 Å². The molecule has 0 nitrogen and oxygen atoms in total. The fourth-order valence-corrected chi connectivity index (χ4v) is 2.27. The van der Waals surface area contributed by atoms with Crippen LogP contribution in [0, 0.1) is 60.2 Å². The van der Waals surface area contributed by atoms with Crippen molar-refractivity contribution in [2.75, 3.05) is 0 Å². The molecule has 0 unspecified atom stereocenters. The Labute approximate surface area is 141 Å². The van der Waals surface area contributed by atoms with E-state index in [4.69, 9.17) is 0 Å². The average Bonchev–Trinajstić information content (AvgIpc) is 2.66. The molecule has 0 spiro atoms. The first-order chi connectivity index (χ1) is 8.25. The molecule has 0 atom stereocenters. The van der Waals surface area contributed by atoms with E-state index in [-0.39, 0.29) is 26.2 Å². The van der Waals surface area contributed by atoms with Gasteiger partial charge >= 0.3 is 26.2 Å². The molecule has 19 heavy (non-hydrogen) atoms. The van der Waals surface area contributed by atoms with Gasteiger partial charge in [-0.15, -0.1) is 0 Å². The van der Waals surface area contributed by atoms with Gasteiger partial charge in [-0.05, 0) is 60.2 Å². The molecule has 0 aromatic rings. The summed E-state index contributed by atoms with van der Waals surface area (Å²) in [6.07, 6.45) is 4.48. The van der Waals surface area contributed by atoms with Gasteiger partial charge in [0.25, 0.3) is 0 Å². The SMILES string of the molecule is C[C]1[CH][C](C)[C](C)[C]1C.C[C]1[CH][C](C)[C](C)[C]1C.[Zr+2]. The van der Waals surface area contributed by atoms with Crippen molar-refractivity contribution in [2.45, 2.75) is 55.4 Å². The monoisotopic (exact) mass is 332 g/mol. The van der Waals surface area contributed by atoms with Gasteiger partial charge in [-0.2, -0.15) is 0 Å². The summed E-state index contributed by atoms with van der Waals surface area (Å²) < 4.78 is 0. The summed E-state index contributed by atoms with van der Waals surface area (Å²) in [7, 11) is 0. The van der Waals surface area contributed by atoms with Crippen LogP contribution in [0.5, 0.6) is 0 Å². The third-order valence-corrected chi connectivity index (χ3v) is 4.36. The van der Waals surface area contributed by atoms with Crippen molar-refractivity contribution in [1.29, 1.82) is 0 Å². The summed E-state index contributed by atoms with van der Waals surface area (Å²) in [4.78, 5) is 0. The summed E-state index contributed by atoms with van der Waals surface area (Å²) in [6, 6.07) is 0. The van der Waals surface area contributed by atoms with E-state index in [1.807, 2.05) is 0 Å². The molecule has 1 heteroatoms. The van der Waals surface area contributed by atoms with Crippen LogP contribution in [0.25, 0.3) is 0 Å². The van der Waals surface area contributed by atoms with Gasteiger partial charge < -0.3 is 0 Å². The Balaban J connectivity index is 0.000000324. The molecule has 2 fully saturated rings. The molecule has 10 radical (unpaired) electrons. The summed E-state index contributed by atoms with van der Waals surface area (Å²) >= 11 is 0. The van der Waals surface area contributed by atoms with E-state index >= 15 is 0 Å². The Hall–Kier alpha value is 0.883. The summed E-state index contributed by atoms with van der Waals surface area (Å²) in [5.74, 6) is 11.5. The van der Waals surface area contributed by atoms with Gasteiger partial charge in [0.2, 0.25) is 0 Å². The van der Waals surface area contributed by atoms with Gasteiger partial charge in [0.15, 0.2) is 0 Å². The minimum atomic E-state index is 0. The maximum atomic E-state index is 2.24. The molecule has 2 rings (SSSR count). The number of hydrogen-bond donors (Lipinski definition) is 0. The van der Waals surface area contributed by atoms with E-state index in [1.54, 1.807) is 0 Å². The van der Waals surface area contributed by atoms with E-state index in [0.29, 0.717) is 0 Å². The van der Waals surface area contributed by atoms with Crippen LogP contribution in [-0.4, -0.2) is 0 Å². The van der Waals surface area contributed by atoms with Crippen LogP contribution in [0.4, 0.5) is 0 Å². The van der Waals surface area contributed by atoms with Gasteiger partial charge in [-0.3, -0.25) is 0 Å². The van der Waals surface area contributed by atoms with Crippen LogP contribution in [0.2, 0.25) is 0 Å². The standard InChI is InChI=1S/2C9H13.Zr/c2*1-6-5-7(2)9(4)8(6)3;/h2*5H,1-4H3;/q;;+2. The van der Waals surface area contributed by atoms with E-state index < -0.39 is 0 Å². The van der Waals surface area contributed by atoms with Crippen molar-refractivity contribution in [3.63, 3.8) is 0 Å². The Morgan fingerprint density at radius 2 is 0.579 bits per heavy atom. The second-order valence-corrected chi connectivity index (χ2v) is 5.52. The second kappa shape index (κ2) is 8.36. The first-order valence-electron chi connectivity index (χ1n) is 6.65. The Bertz CT molecular complexity index is 200. The second-order valence-electron chi connectivity index (χ2n) is 5.52. The third kappa shape index (κ3) is 4.98. The van der Waals surface area contributed by atoms with Crippen molar-refractivity contribution in [1.82, 2.24) is 0 Å². The van der Waals surface area contributed by atoms with Gasteiger partial charge in [-0.25, -0.2) is 0 Å². The molecule has 2 aliphatic rings. The molecule has 100 valence electrons. The molecule has 2 saturated carbocycles. The van der Waals surface area contributed by atoms with Crippen molar-refractivity contribution in [2.24, 2.45) is 0 Å². The summed E-state index contributed by atoms with van der Waals surface area (Å²) in [6.45, 7) is 17.4. The minimum Gasteiger partial charge on any atom is -0.0582 e. The molecule has 0 aromatic heterocycles. The zero-order chi connectivity index (χ0) is 14.0. The minimum absolute atomic E-state index is 0. The van der Waals surface area contributed by atoms with Crippen molar-refractivity contribution in [3.05, 3.63) is 60.2 Å². The Kier molecular flexibility index (Phi) is 8.74. The van der Waals surface area contributed by atoms with Gasteiger partial charge in [0.05, 0.1) is 0 Å². The van der Waals surface area contributed by atoms with Crippen molar-refractivity contribution >= 4 is 0 Å². The largest absolute Gasteiger partial charge is 2.00 e. The molecule has 0 aromatic carbocycles. The van der Waals surface area contributed by atoms with Crippen LogP contribution < -0.4 is 0 Å². The molecule has 0 bridgehead atoms. The number of rotatable bonds is 0. The molecular formula is C18H26Zr+2. The van der Waals surface area contributed by atoms with Crippen LogP contribution in [0.3, 0.4) is 0 Å². The molecular weight excluding hydrogens is 307 g/mol. The Morgan fingerprint density at radius 1 is 0.421 bits per heavy atom. The van der Waals surface area contributed by atoms with Crippen molar-refractivity contribution in [3.8, 4) is 0 Å². The van der Waals surface area contributed by atoms with E-state index in [9.17, 15) is 0 Å².